The summed E-state index contributed by atoms with van der Waals surface area (Å²) in [6.07, 6.45) is 2.84. The van der Waals surface area contributed by atoms with Crippen LogP contribution in [0.15, 0.2) is 4.99 Å². The summed E-state index contributed by atoms with van der Waals surface area (Å²) in [5, 5.41) is 6.46. The zero-order chi connectivity index (χ0) is 16.6. The van der Waals surface area contributed by atoms with Gasteiger partial charge in [-0.25, -0.2) is 0 Å². The van der Waals surface area contributed by atoms with E-state index in [0.29, 0.717) is 24.8 Å². The van der Waals surface area contributed by atoms with Gasteiger partial charge >= 0.3 is 5.97 Å². The van der Waals surface area contributed by atoms with Crippen LogP contribution in [0.1, 0.15) is 40.0 Å². The Morgan fingerprint density at radius 2 is 2.09 bits per heavy atom. The molecule has 2 N–H and O–H groups in total. The van der Waals surface area contributed by atoms with E-state index in [4.69, 9.17) is 4.74 Å². The Hall–Kier alpha value is -1.30. The molecule has 0 aromatic carbocycles. The monoisotopic (exact) mass is 313 g/mol. The summed E-state index contributed by atoms with van der Waals surface area (Å²) in [5.74, 6) is 0.950. The van der Waals surface area contributed by atoms with Crippen LogP contribution < -0.4 is 10.6 Å². The highest BCUT2D eigenvalue weighted by Crippen LogP contribution is 2.33. The van der Waals surface area contributed by atoms with E-state index in [0.717, 1.165) is 26.0 Å². The van der Waals surface area contributed by atoms with Crippen LogP contribution >= 0.6 is 0 Å². The molecule has 6 heteroatoms. The number of ether oxygens (including phenoxy) is 2. The summed E-state index contributed by atoms with van der Waals surface area (Å²) in [4.78, 5) is 15.3. The first-order valence-corrected chi connectivity index (χ1v) is 8.01. The maximum atomic E-state index is 11.1. The van der Waals surface area contributed by atoms with E-state index in [1.165, 1.54) is 7.11 Å². The van der Waals surface area contributed by atoms with E-state index in [1.54, 1.807) is 7.05 Å². The Morgan fingerprint density at radius 1 is 1.36 bits per heavy atom. The smallest absolute Gasteiger partial charge is 0.307 e. The maximum Gasteiger partial charge on any atom is 0.307 e. The van der Waals surface area contributed by atoms with Gasteiger partial charge < -0.3 is 20.1 Å². The van der Waals surface area contributed by atoms with Crippen molar-refractivity contribution in [2.45, 2.75) is 46.1 Å². The molecule has 1 heterocycles. The molecule has 2 unspecified atom stereocenters. The van der Waals surface area contributed by atoms with Crippen LogP contribution in [0.5, 0.6) is 0 Å². The van der Waals surface area contributed by atoms with Gasteiger partial charge in [0.05, 0.1) is 19.6 Å². The summed E-state index contributed by atoms with van der Waals surface area (Å²) >= 11 is 0. The first-order valence-electron chi connectivity index (χ1n) is 8.01. The van der Waals surface area contributed by atoms with Crippen molar-refractivity contribution < 1.29 is 14.3 Å². The van der Waals surface area contributed by atoms with Gasteiger partial charge in [-0.3, -0.25) is 9.79 Å². The standard InChI is InChI=1S/C16H31N3O3/c1-16(2,3)14-12(7-6-10-22-14)11-19-15(17-4)18-9-8-13(20)21-5/h12,14H,6-11H2,1-5H3,(H2,17,18,19). The average Bonchev–Trinajstić information content (AvgIpc) is 2.49. The molecule has 2 atom stereocenters. The predicted octanol–water partition coefficient (Wildman–Crippen LogP) is 1.56. The molecule has 1 saturated heterocycles. The van der Waals surface area contributed by atoms with Gasteiger partial charge in [0, 0.05) is 32.7 Å². The third kappa shape index (κ3) is 6.22. The van der Waals surface area contributed by atoms with Gasteiger partial charge in [-0.15, -0.1) is 0 Å². The quantitative estimate of drug-likeness (QED) is 0.458. The van der Waals surface area contributed by atoms with Crippen molar-refractivity contribution in [3.63, 3.8) is 0 Å². The molecule has 0 saturated carbocycles. The molecule has 0 amide bonds. The number of nitrogens with one attached hydrogen (secondary N) is 2. The minimum Gasteiger partial charge on any atom is -0.469 e. The second kappa shape index (κ2) is 8.98. The number of carbonyl (C=O) groups excluding carboxylic acids is 1. The van der Waals surface area contributed by atoms with Crippen LogP contribution in [0.3, 0.4) is 0 Å². The second-order valence-electron chi connectivity index (χ2n) is 6.77. The lowest BCUT2D eigenvalue weighted by atomic mass is 9.78. The maximum absolute atomic E-state index is 11.1. The Balaban J connectivity index is 2.42. The number of carbonyl (C=O) groups is 1. The molecule has 1 aliphatic rings. The van der Waals surface area contributed by atoms with Gasteiger partial charge in [-0.1, -0.05) is 20.8 Å². The molecular formula is C16H31N3O3. The van der Waals surface area contributed by atoms with Crippen LogP contribution in [0, 0.1) is 11.3 Å². The van der Waals surface area contributed by atoms with Crippen molar-refractivity contribution in [2.75, 3.05) is 33.9 Å². The van der Waals surface area contributed by atoms with Crippen molar-refractivity contribution >= 4 is 11.9 Å². The van der Waals surface area contributed by atoms with Crippen molar-refractivity contribution in [3.8, 4) is 0 Å². The van der Waals surface area contributed by atoms with Crippen molar-refractivity contribution in [2.24, 2.45) is 16.3 Å². The van der Waals surface area contributed by atoms with Crippen LogP contribution in [-0.4, -0.2) is 51.9 Å². The minimum absolute atomic E-state index is 0.134. The third-order valence-electron chi connectivity index (χ3n) is 3.90. The summed E-state index contributed by atoms with van der Waals surface area (Å²) in [6.45, 7) is 8.85. The lowest BCUT2D eigenvalue weighted by Crippen LogP contribution is -2.47. The minimum atomic E-state index is -0.226. The number of hydrogen-bond acceptors (Lipinski definition) is 4. The van der Waals surface area contributed by atoms with Crippen LogP contribution in [0.4, 0.5) is 0 Å². The zero-order valence-corrected chi connectivity index (χ0v) is 14.6. The molecule has 0 aromatic rings. The van der Waals surface area contributed by atoms with E-state index in [2.05, 4.69) is 41.1 Å². The van der Waals surface area contributed by atoms with Crippen molar-refractivity contribution in [1.82, 2.24) is 10.6 Å². The first-order chi connectivity index (χ1) is 10.4. The predicted molar refractivity (Wildman–Crippen MR) is 87.9 cm³/mol. The first kappa shape index (κ1) is 18.7. The number of guanidine groups is 1. The van der Waals surface area contributed by atoms with Gasteiger partial charge in [-0.05, 0) is 18.3 Å². The summed E-state index contributed by atoms with van der Waals surface area (Å²) < 4.78 is 10.6. The molecule has 0 aliphatic carbocycles. The van der Waals surface area contributed by atoms with Crippen LogP contribution in [0.25, 0.3) is 0 Å². The number of rotatable bonds is 5. The van der Waals surface area contributed by atoms with Gasteiger partial charge in [0.15, 0.2) is 5.96 Å². The van der Waals surface area contributed by atoms with E-state index in [9.17, 15) is 4.79 Å². The van der Waals surface area contributed by atoms with E-state index in [-0.39, 0.29) is 17.5 Å². The topological polar surface area (TPSA) is 72.0 Å². The van der Waals surface area contributed by atoms with Crippen molar-refractivity contribution in [3.05, 3.63) is 0 Å². The Kier molecular flexibility index (Phi) is 7.65. The molecule has 1 aliphatic heterocycles. The van der Waals surface area contributed by atoms with E-state index < -0.39 is 0 Å². The average molecular weight is 313 g/mol. The van der Waals surface area contributed by atoms with Gasteiger partial charge in [0.1, 0.15) is 0 Å². The molecule has 128 valence electrons. The fourth-order valence-corrected chi connectivity index (χ4v) is 2.84. The van der Waals surface area contributed by atoms with E-state index >= 15 is 0 Å². The second-order valence-corrected chi connectivity index (χ2v) is 6.77. The highest BCUT2D eigenvalue weighted by atomic mass is 16.5. The lowest BCUT2D eigenvalue weighted by Gasteiger charge is -2.40. The number of hydrogen-bond donors (Lipinski definition) is 2. The number of aliphatic imine (C=N–C) groups is 1. The normalized spacial score (nSPS) is 23.0. The van der Waals surface area contributed by atoms with Gasteiger partial charge in [-0.2, -0.15) is 0 Å². The van der Waals surface area contributed by atoms with Crippen molar-refractivity contribution in [1.29, 1.82) is 0 Å². The number of esters is 1. The highest BCUT2D eigenvalue weighted by molar-refractivity contribution is 5.80. The highest BCUT2D eigenvalue weighted by Gasteiger charge is 2.35. The number of methoxy groups -OCH3 is 1. The SMILES string of the molecule is CN=C(NCCC(=O)OC)NCC1CCCOC1C(C)(C)C. The van der Waals surface area contributed by atoms with Gasteiger partial charge in [0.2, 0.25) is 0 Å². The number of nitrogens with zero attached hydrogens (tertiary/aromatic N) is 1. The summed E-state index contributed by atoms with van der Waals surface area (Å²) in [6, 6.07) is 0. The Morgan fingerprint density at radius 3 is 2.68 bits per heavy atom. The molecule has 0 spiro atoms. The zero-order valence-electron chi connectivity index (χ0n) is 14.6. The molecule has 0 bridgehead atoms. The summed E-state index contributed by atoms with van der Waals surface area (Å²) in [7, 11) is 3.12. The fraction of sp³-hybridized carbons (Fsp3) is 0.875. The fourth-order valence-electron chi connectivity index (χ4n) is 2.84. The Labute approximate surface area is 134 Å². The lowest BCUT2D eigenvalue weighted by molar-refractivity contribution is -0.140. The third-order valence-corrected chi connectivity index (χ3v) is 3.90. The molecule has 1 rings (SSSR count). The van der Waals surface area contributed by atoms with Crippen LogP contribution in [-0.2, 0) is 14.3 Å². The van der Waals surface area contributed by atoms with Gasteiger partial charge in [0.25, 0.3) is 0 Å². The molecule has 0 aromatic heterocycles. The molecule has 1 fully saturated rings. The molecular weight excluding hydrogens is 282 g/mol. The summed E-state index contributed by atoms with van der Waals surface area (Å²) in [5.41, 5.74) is 0.134. The van der Waals surface area contributed by atoms with Crippen LogP contribution in [0.2, 0.25) is 0 Å². The molecule has 0 radical (unpaired) electrons. The Bertz CT molecular complexity index is 377. The largest absolute Gasteiger partial charge is 0.469 e. The van der Waals surface area contributed by atoms with E-state index in [1.807, 2.05) is 0 Å². The molecule has 22 heavy (non-hydrogen) atoms. The molecule has 6 nitrogen and oxygen atoms in total.